The number of benzene rings is 2. The van der Waals surface area contributed by atoms with Crippen molar-refractivity contribution in [1.29, 1.82) is 0 Å². The topological polar surface area (TPSA) is 96.5 Å². The Hall–Kier alpha value is -2.42. The molecule has 3 rings (SSSR count). The van der Waals surface area contributed by atoms with Crippen LogP contribution in [0.2, 0.25) is 0 Å². The number of sulfonamides is 1. The molecule has 0 radical (unpaired) electrons. The number of piperidine rings is 1. The fraction of sp³-hybridized carbons (Fsp3) is 0.409. The minimum atomic E-state index is -3.64. The number of para-hydroxylation sites is 1. The van der Waals surface area contributed by atoms with Gasteiger partial charge in [-0.3, -0.25) is 4.79 Å². The van der Waals surface area contributed by atoms with Gasteiger partial charge in [0.15, 0.2) is 0 Å². The molecule has 1 fully saturated rings. The number of carbonyl (C=O) groups is 1. The number of amides is 1. The SMILES string of the molecule is COc1ccccc1C(=O)Nc1ccc(S(=O)(=O)NC(C)C2CCNCC2)cc1C. The lowest BCUT2D eigenvalue weighted by Gasteiger charge is -2.28. The van der Waals surface area contributed by atoms with Crippen molar-refractivity contribution < 1.29 is 17.9 Å². The van der Waals surface area contributed by atoms with Crippen LogP contribution in [0.25, 0.3) is 0 Å². The molecule has 8 heteroatoms. The van der Waals surface area contributed by atoms with Crippen molar-refractivity contribution in [2.75, 3.05) is 25.5 Å². The highest BCUT2D eigenvalue weighted by molar-refractivity contribution is 7.89. The van der Waals surface area contributed by atoms with Gasteiger partial charge >= 0.3 is 0 Å². The molecule has 0 aliphatic carbocycles. The van der Waals surface area contributed by atoms with Gasteiger partial charge in [-0.15, -0.1) is 0 Å². The third-order valence-electron chi connectivity index (χ3n) is 5.54. The number of aryl methyl sites for hydroxylation is 1. The lowest BCUT2D eigenvalue weighted by atomic mass is 9.92. The number of methoxy groups -OCH3 is 1. The number of ether oxygens (including phenoxy) is 1. The summed E-state index contributed by atoms with van der Waals surface area (Å²) in [6.45, 7) is 5.52. The van der Waals surface area contributed by atoms with Gasteiger partial charge in [0, 0.05) is 11.7 Å². The summed E-state index contributed by atoms with van der Waals surface area (Å²) in [5, 5.41) is 6.12. The summed E-state index contributed by atoms with van der Waals surface area (Å²) in [5.41, 5.74) is 1.63. The quantitative estimate of drug-likeness (QED) is 0.626. The van der Waals surface area contributed by atoms with Gasteiger partial charge in [-0.2, -0.15) is 0 Å². The van der Waals surface area contributed by atoms with E-state index in [1.54, 1.807) is 43.3 Å². The van der Waals surface area contributed by atoms with Crippen LogP contribution in [-0.2, 0) is 10.0 Å². The van der Waals surface area contributed by atoms with Gasteiger partial charge in [0.2, 0.25) is 10.0 Å². The Kier molecular flexibility index (Phi) is 7.12. The highest BCUT2D eigenvalue weighted by Crippen LogP contribution is 2.24. The van der Waals surface area contributed by atoms with Crippen molar-refractivity contribution >= 4 is 21.6 Å². The van der Waals surface area contributed by atoms with Crippen LogP contribution in [0, 0.1) is 12.8 Å². The van der Waals surface area contributed by atoms with Crippen LogP contribution in [-0.4, -0.2) is 40.6 Å². The van der Waals surface area contributed by atoms with Gasteiger partial charge in [0.1, 0.15) is 5.75 Å². The fourth-order valence-corrected chi connectivity index (χ4v) is 5.12. The Labute approximate surface area is 178 Å². The largest absolute Gasteiger partial charge is 0.496 e. The summed E-state index contributed by atoms with van der Waals surface area (Å²) in [7, 11) is -2.13. The molecule has 1 heterocycles. The van der Waals surface area contributed by atoms with Crippen LogP contribution in [0.4, 0.5) is 5.69 Å². The molecule has 1 aliphatic heterocycles. The predicted octanol–water partition coefficient (Wildman–Crippen LogP) is 2.92. The number of hydrogen-bond acceptors (Lipinski definition) is 5. The van der Waals surface area contributed by atoms with Gasteiger partial charge in [0.25, 0.3) is 5.91 Å². The fourth-order valence-electron chi connectivity index (χ4n) is 3.72. The Bertz CT molecular complexity index is 1000. The van der Waals surface area contributed by atoms with E-state index in [4.69, 9.17) is 4.74 Å². The molecule has 162 valence electrons. The summed E-state index contributed by atoms with van der Waals surface area (Å²) in [5.74, 6) is 0.480. The molecule has 1 saturated heterocycles. The zero-order valence-electron chi connectivity index (χ0n) is 17.6. The average Bonchev–Trinajstić information content (AvgIpc) is 2.75. The minimum Gasteiger partial charge on any atom is -0.496 e. The Balaban J connectivity index is 1.73. The molecule has 1 amide bonds. The zero-order chi connectivity index (χ0) is 21.7. The zero-order valence-corrected chi connectivity index (χ0v) is 18.4. The number of hydrogen-bond donors (Lipinski definition) is 3. The number of anilines is 1. The maximum atomic E-state index is 12.8. The Morgan fingerprint density at radius 3 is 2.53 bits per heavy atom. The van der Waals surface area contributed by atoms with E-state index in [9.17, 15) is 13.2 Å². The van der Waals surface area contributed by atoms with Crippen molar-refractivity contribution in [3.05, 3.63) is 53.6 Å². The number of rotatable bonds is 7. The van der Waals surface area contributed by atoms with Gasteiger partial charge in [-0.05, 0) is 81.6 Å². The maximum Gasteiger partial charge on any atom is 0.259 e. The highest BCUT2D eigenvalue weighted by Gasteiger charge is 2.25. The Morgan fingerprint density at radius 2 is 1.87 bits per heavy atom. The van der Waals surface area contributed by atoms with Crippen LogP contribution >= 0.6 is 0 Å². The molecule has 2 aromatic rings. The molecule has 1 aliphatic rings. The first kappa shape index (κ1) is 22.3. The van der Waals surface area contributed by atoms with E-state index in [1.807, 2.05) is 6.92 Å². The summed E-state index contributed by atoms with van der Waals surface area (Å²) in [6, 6.07) is 11.5. The normalized spacial score (nSPS) is 16.1. The second-order valence-corrected chi connectivity index (χ2v) is 9.34. The molecular formula is C22H29N3O4S. The van der Waals surface area contributed by atoms with E-state index in [2.05, 4.69) is 15.4 Å². The van der Waals surface area contributed by atoms with E-state index in [-0.39, 0.29) is 16.8 Å². The van der Waals surface area contributed by atoms with E-state index in [1.165, 1.54) is 13.2 Å². The van der Waals surface area contributed by atoms with Crippen LogP contribution in [0.15, 0.2) is 47.4 Å². The summed E-state index contributed by atoms with van der Waals surface area (Å²) in [4.78, 5) is 12.8. The average molecular weight is 432 g/mol. The molecule has 1 atom stereocenters. The molecule has 1 unspecified atom stereocenters. The second-order valence-electron chi connectivity index (χ2n) is 7.63. The van der Waals surface area contributed by atoms with E-state index >= 15 is 0 Å². The van der Waals surface area contributed by atoms with Gasteiger partial charge < -0.3 is 15.4 Å². The molecule has 0 aromatic heterocycles. The first-order valence-corrected chi connectivity index (χ1v) is 11.6. The van der Waals surface area contributed by atoms with Crippen LogP contribution in [0.1, 0.15) is 35.7 Å². The van der Waals surface area contributed by atoms with Gasteiger partial charge in [0.05, 0.1) is 17.6 Å². The van der Waals surface area contributed by atoms with Crippen molar-refractivity contribution in [2.24, 2.45) is 5.92 Å². The van der Waals surface area contributed by atoms with E-state index in [0.717, 1.165) is 25.9 Å². The third kappa shape index (κ3) is 5.19. The Morgan fingerprint density at radius 1 is 1.17 bits per heavy atom. The summed E-state index contributed by atoms with van der Waals surface area (Å²) in [6.07, 6.45) is 1.91. The monoisotopic (exact) mass is 431 g/mol. The number of carbonyl (C=O) groups excluding carboxylic acids is 1. The van der Waals surface area contributed by atoms with Crippen molar-refractivity contribution in [3.8, 4) is 5.75 Å². The molecule has 7 nitrogen and oxygen atoms in total. The molecular weight excluding hydrogens is 402 g/mol. The lowest BCUT2D eigenvalue weighted by molar-refractivity contribution is 0.102. The van der Waals surface area contributed by atoms with Crippen molar-refractivity contribution in [2.45, 2.75) is 37.6 Å². The predicted molar refractivity (Wildman–Crippen MR) is 118 cm³/mol. The van der Waals surface area contributed by atoms with E-state index < -0.39 is 10.0 Å². The summed E-state index contributed by atoms with van der Waals surface area (Å²) < 4.78 is 33.7. The maximum absolute atomic E-state index is 12.8. The first-order valence-electron chi connectivity index (χ1n) is 10.1. The van der Waals surface area contributed by atoms with Crippen LogP contribution in [0.3, 0.4) is 0 Å². The summed E-state index contributed by atoms with van der Waals surface area (Å²) >= 11 is 0. The smallest absolute Gasteiger partial charge is 0.259 e. The number of nitrogens with one attached hydrogen (secondary N) is 3. The van der Waals surface area contributed by atoms with Gasteiger partial charge in [-0.25, -0.2) is 13.1 Å². The third-order valence-corrected chi connectivity index (χ3v) is 7.10. The molecule has 0 saturated carbocycles. The van der Waals surface area contributed by atoms with Gasteiger partial charge in [-0.1, -0.05) is 12.1 Å². The lowest BCUT2D eigenvalue weighted by Crippen LogP contribution is -2.42. The van der Waals surface area contributed by atoms with Crippen LogP contribution in [0.5, 0.6) is 5.75 Å². The first-order chi connectivity index (χ1) is 14.3. The van der Waals surface area contributed by atoms with Crippen LogP contribution < -0.4 is 20.1 Å². The van der Waals surface area contributed by atoms with Crippen molar-refractivity contribution in [3.63, 3.8) is 0 Å². The van der Waals surface area contributed by atoms with E-state index in [0.29, 0.717) is 28.5 Å². The standard InChI is InChI=1S/C22H29N3O4S/c1-15-14-18(30(27,28)25-16(2)17-10-12-23-13-11-17)8-9-20(15)24-22(26)19-6-4-5-7-21(19)29-3/h4-9,14,16-17,23,25H,10-13H2,1-3H3,(H,24,26). The molecule has 30 heavy (non-hydrogen) atoms. The molecule has 3 N–H and O–H groups in total. The highest BCUT2D eigenvalue weighted by atomic mass is 32.2. The second kappa shape index (κ2) is 9.59. The molecule has 0 spiro atoms. The van der Waals surface area contributed by atoms with Crippen molar-refractivity contribution in [1.82, 2.24) is 10.0 Å². The molecule has 0 bridgehead atoms. The molecule has 2 aromatic carbocycles. The minimum absolute atomic E-state index is 0.137.